The number of rotatable bonds is 2. The van der Waals surface area contributed by atoms with E-state index >= 15 is 0 Å². The van der Waals surface area contributed by atoms with Gasteiger partial charge in [0.05, 0.1) is 5.75 Å². The summed E-state index contributed by atoms with van der Waals surface area (Å²) in [6, 6.07) is 0. The summed E-state index contributed by atoms with van der Waals surface area (Å²) in [6.45, 7) is 0. The number of aromatic amines is 1. The second kappa shape index (κ2) is 4.21. The van der Waals surface area contributed by atoms with E-state index in [1.165, 1.54) is 0 Å². The van der Waals surface area contributed by atoms with Gasteiger partial charge < -0.3 is 0 Å². The van der Waals surface area contributed by atoms with E-state index in [2.05, 4.69) is 15.2 Å². The highest BCUT2D eigenvalue weighted by molar-refractivity contribution is 8.13. The minimum atomic E-state index is -4.03. The van der Waals surface area contributed by atoms with E-state index in [4.69, 9.17) is 10.7 Å². The molecule has 7 nitrogen and oxygen atoms in total. The quantitative estimate of drug-likeness (QED) is 0.790. The smallest absolute Gasteiger partial charge is 0.261 e. The van der Waals surface area contributed by atoms with E-state index in [0.29, 0.717) is 12.8 Å². The van der Waals surface area contributed by atoms with Crippen LogP contribution in [0.5, 0.6) is 0 Å². The molecule has 2 heterocycles. The Labute approximate surface area is 103 Å². The SMILES string of the molecule is O=S(=O)(Cl)c1n[nH]c(C2CCCCS2(=O)=O)n1. The molecule has 0 aromatic carbocycles. The van der Waals surface area contributed by atoms with Crippen molar-refractivity contribution in [3.8, 4) is 0 Å². The third kappa shape index (κ3) is 2.61. The lowest BCUT2D eigenvalue weighted by Crippen LogP contribution is -2.22. The van der Waals surface area contributed by atoms with Crippen LogP contribution in [0, 0.1) is 0 Å². The zero-order valence-electron chi connectivity index (χ0n) is 8.63. The maximum Gasteiger partial charge on any atom is 0.298 e. The molecule has 10 heteroatoms. The lowest BCUT2D eigenvalue weighted by Gasteiger charge is -2.19. The predicted molar refractivity (Wildman–Crippen MR) is 59.8 cm³/mol. The van der Waals surface area contributed by atoms with Crippen molar-refractivity contribution in [2.24, 2.45) is 0 Å². The molecule has 1 aromatic heterocycles. The van der Waals surface area contributed by atoms with Crippen LogP contribution in [0.15, 0.2) is 5.16 Å². The average molecular weight is 300 g/mol. The Morgan fingerprint density at radius 2 is 2.06 bits per heavy atom. The molecule has 1 aromatic rings. The fourth-order valence-electron chi connectivity index (χ4n) is 1.77. The molecule has 17 heavy (non-hydrogen) atoms. The number of nitrogens with zero attached hydrogens (tertiary/aromatic N) is 2. The molecule has 0 amide bonds. The number of aromatic nitrogens is 3. The molecule has 2 rings (SSSR count). The molecule has 1 atom stereocenters. The molecule has 0 aliphatic carbocycles. The van der Waals surface area contributed by atoms with Crippen LogP contribution in [-0.2, 0) is 18.9 Å². The van der Waals surface area contributed by atoms with Crippen molar-refractivity contribution >= 4 is 29.6 Å². The minimum absolute atomic E-state index is 0.0453. The zero-order chi connectivity index (χ0) is 12.7. The second-order valence-electron chi connectivity index (χ2n) is 3.79. The lowest BCUT2D eigenvalue weighted by atomic mass is 10.2. The summed E-state index contributed by atoms with van der Waals surface area (Å²) in [5.41, 5.74) is 0. The summed E-state index contributed by atoms with van der Waals surface area (Å²) in [5, 5.41) is 4.34. The third-order valence-electron chi connectivity index (χ3n) is 2.58. The summed E-state index contributed by atoms with van der Waals surface area (Å²) in [6.07, 6.45) is 1.79. The summed E-state index contributed by atoms with van der Waals surface area (Å²) in [4.78, 5) is 3.64. The molecule has 0 radical (unpaired) electrons. The number of hydrogen-bond donors (Lipinski definition) is 1. The van der Waals surface area contributed by atoms with Gasteiger partial charge in [-0.2, -0.15) is 4.98 Å². The predicted octanol–water partition coefficient (Wildman–Crippen LogP) is 0.372. The van der Waals surface area contributed by atoms with Gasteiger partial charge in [0.15, 0.2) is 9.84 Å². The van der Waals surface area contributed by atoms with Crippen molar-refractivity contribution in [3.05, 3.63) is 5.82 Å². The molecule has 0 spiro atoms. The van der Waals surface area contributed by atoms with Gasteiger partial charge in [-0.3, -0.25) is 5.10 Å². The topological polar surface area (TPSA) is 110 Å². The number of nitrogens with one attached hydrogen (secondary N) is 1. The van der Waals surface area contributed by atoms with E-state index in [-0.39, 0.29) is 11.6 Å². The fourth-order valence-corrected chi connectivity index (χ4v) is 4.20. The fraction of sp³-hybridized carbons (Fsp3) is 0.714. The van der Waals surface area contributed by atoms with Gasteiger partial charge in [-0.25, -0.2) is 16.8 Å². The van der Waals surface area contributed by atoms with Gasteiger partial charge in [-0.05, 0) is 12.8 Å². The first-order valence-electron chi connectivity index (χ1n) is 4.89. The molecule has 1 N–H and O–H groups in total. The zero-order valence-corrected chi connectivity index (χ0v) is 11.0. The molecular weight excluding hydrogens is 290 g/mol. The Bertz CT molecular complexity index is 621. The lowest BCUT2D eigenvalue weighted by molar-refractivity contribution is 0.538. The van der Waals surface area contributed by atoms with Crippen LogP contribution in [-0.4, -0.2) is 37.8 Å². The van der Waals surface area contributed by atoms with Crippen molar-refractivity contribution in [2.45, 2.75) is 29.7 Å². The van der Waals surface area contributed by atoms with Gasteiger partial charge >= 0.3 is 0 Å². The van der Waals surface area contributed by atoms with Gasteiger partial charge in [-0.15, -0.1) is 5.10 Å². The van der Waals surface area contributed by atoms with Gasteiger partial charge in [-0.1, -0.05) is 6.42 Å². The Kier molecular flexibility index (Phi) is 3.17. The first-order valence-corrected chi connectivity index (χ1v) is 8.92. The van der Waals surface area contributed by atoms with Crippen LogP contribution in [0.25, 0.3) is 0 Å². The molecule has 1 saturated heterocycles. The summed E-state index contributed by atoms with van der Waals surface area (Å²) in [5.74, 6) is 0.130. The molecule has 1 fully saturated rings. The molecule has 1 aliphatic heterocycles. The molecule has 96 valence electrons. The van der Waals surface area contributed by atoms with E-state index in [1.54, 1.807) is 0 Å². The van der Waals surface area contributed by atoms with Crippen LogP contribution in [0.3, 0.4) is 0 Å². The third-order valence-corrected chi connectivity index (χ3v) is 5.80. The minimum Gasteiger partial charge on any atom is -0.261 e. The number of H-pyrrole nitrogens is 1. The van der Waals surface area contributed by atoms with Crippen molar-refractivity contribution in [1.82, 2.24) is 15.2 Å². The molecule has 1 aliphatic rings. The van der Waals surface area contributed by atoms with Crippen LogP contribution in [0.1, 0.15) is 30.3 Å². The first-order chi connectivity index (χ1) is 7.81. The molecule has 1 unspecified atom stereocenters. The van der Waals surface area contributed by atoms with Crippen molar-refractivity contribution < 1.29 is 16.8 Å². The largest absolute Gasteiger partial charge is 0.298 e. The van der Waals surface area contributed by atoms with Crippen molar-refractivity contribution in [2.75, 3.05) is 5.75 Å². The maximum absolute atomic E-state index is 11.8. The first kappa shape index (κ1) is 12.8. The molecule has 0 saturated carbocycles. The van der Waals surface area contributed by atoms with Crippen molar-refractivity contribution in [1.29, 1.82) is 0 Å². The Morgan fingerprint density at radius 1 is 1.35 bits per heavy atom. The van der Waals surface area contributed by atoms with Crippen LogP contribution >= 0.6 is 10.7 Å². The number of hydrogen-bond acceptors (Lipinski definition) is 6. The number of halogens is 1. The highest BCUT2D eigenvalue weighted by Gasteiger charge is 2.33. The van der Waals surface area contributed by atoms with Gasteiger partial charge in [0.1, 0.15) is 11.1 Å². The van der Waals surface area contributed by atoms with E-state index in [0.717, 1.165) is 6.42 Å². The summed E-state index contributed by atoms with van der Waals surface area (Å²) in [7, 11) is -2.25. The van der Waals surface area contributed by atoms with E-state index < -0.39 is 29.3 Å². The second-order valence-corrected chi connectivity index (χ2v) is 8.56. The van der Waals surface area contributed by atoms with Crippen LogP contribution in [0.2, 0.25) is 0 Å². The highest BCUT2D eigenvalue weighted by atomic mass is 35.7. The average Bonchev–Trinajstić information content (AvgIpc) is 2.65. The monoisotopic (exact) mass is 299 g/mol. The standard InChI is InChI=1S/C7H10ClN3O4S2/c8-17(14,15)7-9-6(10-11-7)5-3-1-2-4-16(5,12)13/h5H,1-4H2,(H,9,10,11). The van der Waals surface area contributed by atoms with Gasteiger partial charge in [0.25, 0.3) is 14.2 Å². The van der Waals surface area contributed by atoms with Gasteiger partial charge in [0, 0.05) is 10.7 Å². The normalized spacial score (nSPS) is 24.6. The van der Waals surface area contributed by atoms with Gasteiger partial charge in [0.2, 0.25) is 0 Å². The summed E-state index contributed by atoms with van der Waals surface area (Å²) >= 11 is 0. The Balaban J connectivity index is 2.38. The Hall–Kier alpha value is -0.670. The summed E-state index contributed by atoms with van der Waals surface area (Å²) < 4.78 is 45.5. The molecular formula is C7H10ClN3O4S2. The van der Waals surface area contributed by atoms with Crippen LogP contribution in [0.4, 0.5) is 0 Å². The highest BCUT2D eigenvalue weighted by Crippen LogP contribution is 2.31. The maximum atomic E-state index is 11.8. The molecule has 0 bridgehead atoms. The number of sulfone groups is 1. The van der Waals surface area contributed by atoms with E-state index in [1.807, 2.05) is 0 Å². The van der Waals surface area contributed by atoms with Crippen LogP contribution < -0.4 is 0 Å². The van der Waals surface area contributed by atoms with E-state index in [9.17, 15) is 16.8 Å². The Morgan fingerprint density at radius 3 is 2.59 bits per heavy atom. The van der Waals surface area contributed by atoms with Crippen molar-refractivity contribution in [3.63, 3.8) is 0 Å².